The third-order valence-electron chi connectivity index (χ3n) is 10.4. The van der Waals surface area contributed by atoms with E-state index < -0.39 is 35.9 Å². The number of phenols is 4. The van der Waals surface area contributed by atoms with Crippen LogP contribution >= 0.6 is 0 Å². The van der Waals surface area contributed by atoms with Gasteiger partial charge in [0.1, 0.15) is 18.3 Å². The molecular weight excluding hydrogens is 644 g/mol. The lowest BCUT2D eigenvalue weighted by atomic mass is 9.62. The van der Waals surface area contributed by atoms with E-state index in [-0.39, 0.29) is 28.7 Å². The minimum atomic E-state index is -1.03. The molecule has 0 aromatic heterocycles. The lowest BCUT2D eigenvalue weighted by Gasteiger charge is -2.41. The molecule has 7 rings (SSSR count). The Balaban J connectivity index is 1.37. The maximum Gasteiger partial charge on any atom is 0.160 e. The van der Waals surface area contributed by atoms with Crippen molar-refractivity contribution >= 4 is 0 Å². The molecule has 0 unspecified atom stereocenters. The topological polar surface area (TPSA) is 157 Å². The van der Waals surface area contributed by atoms with Crippen LogP contribution in [0, 0.1) is 5.41 Å². The predicted molar refractivity (Wildman–Crippen MR) is 181 cm³/mol. The average molecular weight is 685 g/mol. The number of aromatic hydroxyl groups is 4. The van der Waals surface area contributed by atoms with Gasteiger partial charge in [-0.1, -0.05) is 24.3 Å². The zero-order valence-electron chi connectivity index (χ0n) is 28.1. The molecule has 2 aliphatic heterocycles. The van der Waals surface area contributed by atoms with E-state index in [1.54, 1.807) is 54.6 Å². The molecule has 0 radical (unpaired) electrons. The normalized spacial score (nSPS) is 25.8. The quantitative estimate of drug-likeness (QED) is 0.126. The van der Waals surface area contributed by atoms with Gasteiger partial charge in [-0.3, -0.25) is 0 Å². The van der Waals surface area contributed by atoms with Crippen molar-refractivity contribution in [1.82, 2.24) is 0 Å². The van der Waals surface area contributed by atoms with Crippen molar-refractivity contribution in [1.29, 1.82) is 0 Å². The number of rotatable bonds is 8. The molecule has 4 aromatic rings. The zero-order valence-corrected chi connectivity index (χ0v) is 28.1. The zero-order chi connectivity index (χ0) is 35.3. The molecule has 0 saturated carbocycles. The molecule has 2 heterocycles. The molecule has 1 saturated heterocycles. The molecule has 1 spiro atoms. The first-order valence-electron chi connectivity index (χ1n) is 16.3. The third-order valence-corrected chi connectivity index (χ3v) is 10.4. The number of hydrogen-bond acceptors (Lipinski definition) is 11. The number of aliphatic hydroxyl groups excluding tert-OH is 1. The molecule has 1 fully saturated rings. The first-order chi connectivity index (χ1) is 24.1. The van der Waals surface area contributed by atoms with E-state index in [0.29, 0.717) is 47.6 Å². The Kier molecular flexibility index (Phi) is 8.67. The summed E-state index contributed by atoms with van der Waals surface area (Å²) < 4.78 is 35.3. The molecule has 1 aliphatic carbocycles. The predicted octanol–water partition coefficient (Wildman–Crippen LogP) is 6.70. The summed E-state index contributed by atoms with van der Waals surface area (Å²) in [4.78, 5) is 0. The van der Waals surface area contributed by atoms with E-state index >= 15 is 0 Å². The van der Waals surface area contributed by atoms with Crippen LogP contribution < -0.4 is 18.9 Å². The van der Waals surface area contributed by atoms with Gasteiger partial charge >= 0.3 is 0 Å². The van der Waals surface area contributed by atoms with E-state index in [1.165, 1.54) is 34.5 Å². The third kappa shape index (κ3) is 5.42. The summed E-state index contributed by atoms with van der Waals surface area (Å²) >= 11 is 0. The first kappa shape index (κ1) is 33.4. The van der Waals surface area contributed by atoms with Gasteiger partial charge in [-0.2, -0.15) is 0 Å². The van der Waals surface area contributed by atoms with Gasteiger partial charge in [0.15, 0.2) is 46.0 Å². The van der Waals surface area contributed by atoms with Crippen LogP contribution in [0.1, 0.15) is 65.9 Å². The molecule has 0 amide bonds. The van der Waals surface area contributed by atoms with Crippen LogP contribution in [0.25, 0.3) is 0 Å². The summed E-state index contributed by atoms with van der Waals surface area (Å²) in [6.45, 7) is 0. The highest BCUT2D eigenvalue weighted by Crippen LogP contribution is 2.65. The van der Waals surface area contributed by atoms with Crippen LogP contribution in [-0.4, -0.2) is 60.1 Å². The van der Waals surface area contributed by atoms with Gasteiger partial charge in [0.05, 0.1) is 40.6 Å². The highest BCUT2D eigenvalue weighted by atomic mass is 16.5. The SMILES string of the molecule is COc1ccc([C@@H]2O[C@H](c3ccc(O)c(OC)c3)[C@H](O)[C@@]23CCC2=C(C3)[C@@H](c3ccc(O)c(OC)c3)O[C@H]2c2ccc(O)c(OC)c2)cc1O. The second-order valence-electron chi connectivity index (χ2n) is 13.0. The summed E-state index contributed by atoms with van der Waals surface area (Å²) in [6.07, 6.45) is -2.14. The molecular formula is C39H40O11. The molecule has 3 aliphatic rings. The largest absolute Gasteiger partial charge is 0.504 e. The Labute approximate surface area is 289 Å². The summed E-state index contributed by atoms with van der Waals surface area (Å²) in [5.74, 6) is 1.11. The summed E-state index contributed by atoms with van der Waals surface area (Å²) in [5.41, 5.74) is 3.95. The van der Waals surface area contributed by atoms with Crippen LogP contribution in [0.2, 0.25) is 0 Å². The number of hydrogen-bond donors (Lipinski definition) is 5. The van der Waals surface area contributed by atoms with Crippen molar-refractivity contribution in [3.8, 4) is 46.0 Å². The fraction of sp³-hybridized carbons (Fsp3) is 0.333. The van der Waals surface area contributed by atoms with E-state index in [4.69, 9.17) is 28.4 Å². The van der Waals surface area contributed by atoms with Gasteiger partial charge in [-0.05, 0) is 101 Å². The minimum absolute atomic E-state index is 0.00505. The van der Waals surface area contributed by atoms with Crippen LogP contribution in [0.3, 0.4) is 0 Å². The van der Waals surface area contributed by atoms with Gasteiger partial charge in [0.2, 0.25) is 0 Å². The number of ether oxygens (including phenoxy) is 6. The first-order valence-corrected chi connectivity index (χ1v) is 16.3. The fourth-order valence-corrected chi connectivity index (χ4v) is 7.92. The van der Waals surface area contributed by atoms with Crippen LogP contribution in [0.5, 0.6) is 46.0 Å². The minimum Gasteiger partial charge on any atom is -0.504 e. The standard InChI is InChI=1S/C39H40O11/c1-45-30-12-8-23(15-29(30)43)38-39(37(44)36(50-38)22-7-11-28(42)33(18-22)48-4)14-13-24-25(19-39)35(21-6-10-27(41)32(17-21)47-3)49-34(24)20-5-9-26(40)31(16-20)46-2/h5-12,15-18,34-38,40-44H,13-14,19H2,1-4H3/t34-,35+,36+,37-,38-,39-/m0/s1. The highest BCUT2D eigenvalue weighted by molar-refractivity contribution is 5.51. The maximum atomic E-state index is 12.5. The maximum absolute atomic E-state index is 12.5. The molecule has 6 atom stereocenters. The van der Waals surface area contributed by atoms with E-state index in [2.05, 4.69) is 0 Å². The Morgan fingerprint density at radius 2 is 1.06 bits per heavy atom. The molecule has 11 heteroatoms. The molecule has 262 valence electrons. The number of methoxy groups -OCH3 is 4. The van der Waals surface area contributed by atoms with Gasteiger partial charge in [0.25, 0.3) is 0 Å². The van der Waals surface area contributed by atoms with Gasteiger partial charge in [0, 0.05) is 5.41 Å². The van der Waals surface area contributed by atoms with Gasteiger partial charge in [-0.15, -0.1) is 0 Å². The van der Waals surface area contributed by atoms with Gasteiger partial charge in [-0.25, -0.2) is 0 Å². The van der Waals surface area contributed by atoms with Crippen molar-refractivity contribution < 1.29 is 54.0 Å². The van der Waals surface area contributed by atoms with Crippen LogP contribution in [-0.2, 0) is 9.47 Å². The van der Waals surface area contributed by atoms with Crippen molar-refractivity contribution in [3.63, 3.8) is 0 Å². The summed E-state index contributed by atoms with van der Waals surface area (Å²) in [6, 6.07) is 20.3. The van der Waals surface area contributed by atoms with Crippen molar-refractivity contribution in [2.75, 3.05) is 28.4 Å². The second-order valence-corrected chi connectivity index (χ2v) is 13.0. The van der Waals surface area contributed by atoms with E-state index in [1.807, 2.05) is 12.1 Å². The molecule has 5 N–H and O–H groups in total. The number of aliphatic hydroxyl groups is 1. The van der Waals surface area contributed by atoms with Crippen molar-refractivity contribution in [2.24, 2.45) is 5.41 Å². The monoisotopic (exact) mass is 684 g/mol. The molecule has 50 heavy (non-hydrogen) atoms. The Morgan fingerprint density at radius 3 is 1.60 bits per heavy atom. The van der Waals surface area contributed by atoms with Crippen LogP contribution in [0.15, 0.2) is 83.9 Å². The lowest BCUT2D eigenvalue weighted by Crippen LogP contribution is -2.39. The van der Waals surface area contributed by atoms with Gasteiger partial charge < -0.3 is 54.0 Å². The molecule has 4 aromatic carbocycles. The smallest absolute Gasteiger partial charge is 0.160 e. The number of benzene rings is 4. The van der Waals surface area contributed by atoms with Crippen molar-refractivity contribution in [3.05, 3.63) is 106 Å². The molecule has 0 bridgehead atoms. The Morgan fingerprint density at radius 1 is 0.560 bits per heavy atom. The Hall–Kier alpha value is -5.10. The lowest BCUT2D eigenvalue weighted by molar-refractivity contribution is 0.00305. The number of phenolic OH excluding ortho intramolecular Hbond substituents is 4. The second kappa shape index (κ2) is 13.0. The van der Waals surface area contributed by atoms with E-state index in [0.717, 1.165) is 22.3 Å². The fourth-order valence-electron chi connectivity index (χ4n) is 7.92. The van der Waals surface area contributed by atoms with E-state index in [9.17, 15) is 25.5 Å². The van der Waals surface area contributed by atoms with Crippen LogP contribution in [0.4, 0.5) is 0 Å². The highest BCUT2D eigenvalue weighted by Gasteiger charge is 2.60. The Bertz CT molecular complexity index is 1950. The summed E-state index contributed by atoms with van der Waals surface area (Å²) in [7, 11) is 5.92. The summed E-state index contributed by atoms with van der Waals surface area (Å²) in [5, 5.41) is 54.4. The average Bonchev–Trinajstić information content (AvgIpc) is 3.63. The molecule has 11 nitrogen and oxygen atoms in total. The van der Waals surface area contributed by atoms with Crippen molar-refractivity contribution in [2.45, 2.75) is 49.8 Å².